The van der Waals surface area contributed by atoms with Crippen molar-refractivity contribution < 1.29 is 19.8 Å². The van der Waals surface area contributed by atoms with Crippen molar-refractivity contribution in [3.05, 3.63) is 29.3 Å². The third kappa shape index (κ3) is 3.52. The van der Waals surface area contributed by atoms with Crippen molar-refractivity contribution in [1.82, 2.24) is 4.90 Å². The Hall–Kier alpha value is -2.08. The lowest BCUT2D eigenvalue weighted by atomic mass is 9.96. The first-order valence-corrected chi connectivity index (χ1v) is 6.96. The number of likely N-dealkylation sites (tertiary alicyclic amines) is 1. The number of β-amino-alcohol motifs (C(OH)–C–C–N with tert-alkyl or cyclic N) is 1. The molecule has 2 atom stereocenters. The topological polar surface area (TPSA) is 89.9 Å². The maximum absolute atomic E-state index is 12.1. The Morgan fingerprint density at radius 3 is 2.71 bits per heavy atom. The highest BCUT2D eigenvalue weighted by atomic mass is 16.4. The number of benzene rings is 1. The van der Waals surface area contributed by atoms with E-state index in [-0.39, 0.29) is 17.5 Å². The van der Waals surface area contributed by atoms with Crippen LogP contribution in [0.3, 0.4) is 0 Å². The van der Waals surface area contributed by atoms with E-state index in [0.717, 1.165) is 6.42 Å². The fraction of sp³-hybridized carbons (Fsp3) is 0.467. The number of piperidine rings is 1. The molecule has 1 saturated heterocycles. The fourth-order valence-corrected chi connectivity index (χ4v) is 2.37. The summed E-state index contributed by atoms with van der Waals surface area (Å²) >= 11 is 0. The quantitative estimate of drug-likeness (QED) is 0.777. The van der Waals surface area contributed by atoms with Crippen LogP contribution >= 0.6 is 0 Å². The highest BCUT2D eigenvalue weighted by molar-refractivity contribution is 5.94. The minimum atomic E-state index is -1.02. The number of aliphatic hydroxyl groups excluding tert-OH is 1. The monoisotopic (exact) mass is 292 g/mol. The van der Waals surface area contributed by atoms with E-state index in [2.05, 4.69) is 5.32 Å². The second-order valence-corrected chi connectivity index (χ2v) is 5.54. The first-order valence-electron chi connectivity index (χ1n) is 6.96. The molecular formula is C15H20N2O4. The van der Waals surface area contributed by atoms with E-state index in [1.807, 2.05) is 6.92 Å². The molecule has 3 N–H and O–H groups in total. The first kappa shape index (κ1) is 15.3. The van der Waals surface area contributed by atoms with Gasteiger partial charge in [0.15, 0.2) is 0 Å². The van der Waals surface area contributed by atoms with Gasteiger partial charge in [-0.15, -0.1) is 0 Å². The van der Waals surface area contributed by atoms with E-state index in [4.69, 9.17) is 5.11 Å². The maximum Gasteiger partial charge on any atom is 0.336 e. The Kier molecular flexibility index (Phi) is 4.47. The molecule has 2 unspecified atom stereocenters. The molecule has 114 valence electrons. The number of hydrogen-bond donors (Lipinski definition) is 3. The standard InChI is InChI=1S/C15H20N2O4/c1-9-3-4-11(7-12(9)14(19)20)16-15(21)17-6-5-10(2)13(18)8-17/h3-4,7,10,13,18H,5-6,8H2,1-2H3,(H,16,21)(H,19,20). The highest BCUT2D eigenvalue weighted by Gasteiger charge is 2.27. The number of carboxylic acid groups (broad SMARTS) is 1. The Labute approximate surface area is 123 Å². The summed E-state index contributed by atoms with van der Waals surface area (Å²) in [5.74, 6) is -0.835. The lowest BCUT2D eigenvalue weighted by Gasteiger charge is -2.34. The lowest BCUT2D eigenvalue weighted by Crippen LogP contribution is -2.47. The van der Waals surface area contributed by atoms with Crippen molar-refractivity contribution in [3.63, 3.8) is 0 Å². The zero-order valence-electron chi connectivity index (χ0n) is 12.2. The van der Waals surface area contributed by atoms with Gasteiger partial charge in [-0.1, -0.05) is 13.0 Å². The molecular weight excluding hydrogens is 272 g/mol. The number of nitrogens with one attached hydrogen (secondary N) is 1. The van der Waals surface area contributed by atoms with Crippen LogP contribution in [-0.4, -0.2) is 46.3 Å². The Morgan fingerprint density at radius 2 is 2.10 bits per heavy atom. The summed E-state index contributed by atoms with van der Waals surface area (Å²) in [7, 11) is 0. The molecule has 0 aromatic heterocycles. The van der Waals surface area contributed by atoms with Gasteiger partial charge in [0.25, 0.3) is 0 Å². The zero-order chi connectivity index (χ0) is 15.6. The Bertz CT molecular complexity index is 559. The molecule has 2 amide bonds. The summed E-state index contributed by atoms with van der Waals surface area (Å²) in [5, 5.41) is 21.6. The number of aryl methyl sites for hydroxylation is 1. The SMILES string of the molecule is Cc1ccc(NC(=O)N2CCC(C)C(O)C2)cc1C(=O)O. The van der Waals surface area contributed by atoms with Crippen molar-refractivity contribution in [3.8, 4) is 0 Å². The van der Waals surface area contributed by atoms with Crippen LogP contribution in [0.1, 0.15) is 29.3 Å². The van der Waals surface area contributed by atoms with E-state index in [0.29, 0.717) is 24.3 Å². The van der Waals surface area contributed by atoms with Crippen LogP contribution in [0.2, 0.25) is 0 Å². The lowest BCUT2D eigenvalue weighted by molar-refractivity contribution is 0.0464. The van der Waals surface area contributed by atoms with Gasteiger partial charge in [0, 0.05) is 18.8 Å². The third-order valence-electron chi connectivity index (χ3n) is 3.93. The molecule has 21 heavy (non-hydrogen) atoms. The molecule has 0 bridgehead atoms. The number of anilines is 1. The van der Waals surface area contributed by atoms with Crippen molar-refractivity contribution in [1.29, 1.82) is 0 Å². The average Bonchev–Trinajstić information content (AvgIpc) is 2.43. The van der Waals surface area contributed by atoms with E-state index in [1.165, 1.54) is 6.07 Å². The largest absolute Gasteiger partial charge is 0.478 e. The molecule has 1 aromatic carbocycles. The summed E-state index contributed by atoms with van der Waals surface area (Å²) < 4.78 is 0. The van der Waals surface area contributed by atoms with E-state index < -0.39 is 12.1 Å². The van der Waals surface area contributed by atoms with Crippen LogP contribution in [-0.2, 0) is 0 Å². The molecule has 6 heteroatoms. The molecule has 1 heterocycles. The second kappa shape index (κ2) is 6.13. The Balaban J connectivity index is 2.06. The molecule has 2 rings (SSSR count). The first-order chi connectivity index (χ1) is 9.88. The summed E-state index contributed by atoms with van der Waals surface area (Å²) in [6, 6.07) is 4.45. The van der Waals surface area contributed by atoms with E-state index in [1.54, 1.807) is 24.0 Å². The molecule has 0 radical (unpaired) electrons. The minimum Gasteiger partial charge on any atom is -0.478 e. The third-order valence-corrected chi connectivity index (χ3v) is 3.93. The van der Waals surface area contributed by atoms with E-state index >= 15 is 0 Å². The van der Waals surface area contributed by atoms with Crippen LogP contribution in [0.25, 0.3) is 0 Å². The average molecular weight is 292 g/mol. The summed E-state index contributed by atoms with van der Waals surface area (Å²) in [6.45, 7) is 4.54. The smallest absolute Gasteiger partial charge is 0.336 e. The second-order valence-electron chi connectivity index (χ2n) is 5.54. The molecule has 1 aliphatic heterocycles. The van der Waals surface area contributed by atoms with Crippen LogP contribution in [0, 0.1) is 12.8 Å². The Morgan fingerprint density at radius 1 is 1.38 bits per heavy atom. The number of carbonyl (C=O) groups excluding carboxylic acids is 1. The predicted octanol–water partition coefficient (Wildman–Crippen LogP) is 1.93. The van der Waals surface area contributed by atoms with Crippen molar-refractivity contribution >= 4 is 17.7 Å². The summed E-state index contributed by atoms with van der Waals surface area (Å²) in [5.41, 5.74) is 1.25. The van der Waals surface area contributed by atoms with Gasteiger partial charge in [-0.25, -0.2) is 9.59 Å². The fourth-order valence-electron chi connectivity index (χ4n) is 2.37. The van der Waals surface area contributed by atoms with Gasteiger partial charge in [0.2, 0.25) is 0 Å². The van der Waals surface area contributed by atoms with Crippen molar-refractivity contribution in [2.45, 2.75) is 26.4 Å². The summed E-state index contributed by atoms with van der Waals surface area (Å²) in [6.07, 6.45) is 0.236. The molecule has 6 nitrogen and oxygen atoms in total. The van der Waals surface area contributed by atoms with Crippen LogP contribution in [0.15, 0.2) is 18.2 Å². The molecule has 0 saturated carbocycles. The number of urea groups is 1. The number of nitrogens with zero attached hydrogens (tertiary/aromatic N) is 1. The number of aliphatic hydroxyl groups is 1. The van der Waals surface area contributed by atoms with E-state index in [9.17, 15) is 14.7 Å². The number of carbonyl (C=O) groups is 2. The molecule has 1 aliphatic rings. The van der Waals surface area contributed by atoms with Gasteiger partial charge in [-0.2, -0.15) is 0 Å². The number of carboxylic acids is 1. The number of rotatable bonds is 2. The van der Waals surface area contributed by atoms with Crippen molar-refractivity contribution in [2.24, 2.45) is 5.92 Å². The maximum atomic E-state index is 12.1. The summed E-state index contributed by atoms with van der Waals surface area (Å²) in [4.78, 5) is 24.8. The van der Waals surface area contributed by atoms with Crippen LogP contribution in [0.4, 0.5) is 10.5 Å². The number of amides is 2. The van der Waals surface area contributed by atoms with Crippen LogP contribution in [0.5, 0.6) is 0 Å². The minimum absolute atomic E-state index is 0.167. The van der Waals surface area contributed by atoms with Gasteiger partial charge in [-0.05, 0) is 37.0 Å². The van der Waals surface area contributed by atoms with Gasteiger partial charge in [0.05, 0.1) is 11.7 Å². The highest BCUT2D eigenvalue weighted by Crippen LogP contribution is 2.19. The number of aromatic carboxylic acids is 1. The van der Waals surface area contributed by atoms with Gasteiger partial charge in [-0.3, -0.25) is 0 Å². The predicted molar refractivity (Wildman–Crippen MR) is 78.5 cm³/mol. The zero-order valence-corrected chi connectivity index (χ0v) is 12.2. The van der Waals surface area contributed by atoms with Crippen LogP contribution < -0.4 is 5.32 Å². The molecule has 1 aromatic rings. The van der Waals surface area contributed by atoms with Crippen molar-refractivity contribution in [2.75, 3.05) is 18.4 Å². The van der Waals surface area contributed by atoms with Gasteiger partial charge >= 0.3 is 12.0 Å². The molecule has 1 fully saturated rings. The van der Waals surface area contributed by atoms with Gasteiger partial charge < -0.3 is 20.4 Å². The normalized spacial score (nSPS) is 22.0. The number of hydrogen-bond acceptors (Lipinski definition) is 3. The van der Waals surface area contributed by atoms with Gasteiger partial charge in [0.1, 0.15) is 0 Å². The molecule has 0 spiro atoms. The molecule has 0 aliphatic carbocycles.